The average Bonchev–Trinajstić information content (AvgIpc) is 3.25. The molecule has 8 rings (SSSR count). The van der Waals surface area contributed by atoms with Crippen LogP contribution in [-0.2, 0) is 4.79 Å². The van der Waals surface area contributed by atoms with Crippen molar-refractivity contribution >= 4 is 67.8 Å². The highest BCUT2D eigenvalue weighted by Crippen LogP contribution is 2.45. The van der Waals surface area contributed by atoms with Crippen LogP contribution >= 0.6 is 21.6 Å². The number of phenolic OH excluding ortho intramolecular Hbond substituents is 2. The molecular weight excluding hydrogens is 837 g/mol. The van der Waals surface area contributed by atoms with Crippen LogP contribution in [0.5, 0.6) is 17.2 Å². The highest BCUT2D eigenvalue weighted by atomic mass is 33.1. The van der Waals surface area contributed by atoms with E-state index in [1.54, 1.807) is 24.3 Å². The Morgan fingerprint density at radius 3 is 1.61 bits per heavy atom. The standard InChI is InChI=1S/C46H32N2O12S2/c49-23-58-37-12-2-25(18-36(37)43-33-10-5-28(52)21-40(33)60-41-22-29(53)6-11-34(41)43)45(55)48-14-16-62-61-15-13-47-44(54)24-1-7-30(46(56)57)35(17-24)42-31-8-3-26(50)19-38(31)59-39-20-27(51)4-9-32(39)42/h1-12,17-23,50,52H,13-16H2,(H,47,54)(H,48,55)(H,56,57). The van der Waals surface area contributed by atoms with Crippen LogP contribution in [0.25, 0.3) is 66.8 Å². The van der Waals surface area contributed by atoms with Crippen LogP contribution in [0.3, 0.4) is 0 Å². The summed E-state index contributed by atoms with van der Waals surface area (Å²) in [6, 6.07) is 26.2. The summed E-state index contributed by atoms with van der Waals surface area (Å²) in [7, 11) is 2.96. The number of phenols is 2. The predicted octanol–water partition coefficient (Wildman–Crippen LogP) is 7.63. The van der Waals surface area contributed by atoms with E-state index in [9.17, 15) is 44.1 Å². The Kier molecular flexibility index (Phi) is 11.7. The number of aromatic hydroxyl groups is 2. The van der Waals surface area contributed by atoms with Gasteiger partial charge < -0.3 is 39.5 Å². The van der Waals surface area contributed by atoms with Crippen molar-refractivity contribution in [1.29, 1.82) is 0 Å². The van der Waals surface area contributed by atoms with Gasteiger partial charge in [-0.1, -0.05) is 21.6 Å². The maximum absolute atomic E-state index is 13.3. The van der Waals surface area contributed by atoms with E-state index in [1.165, 1.54) is 107 Å². The average molecular weight is 869 g/mol. The molecule has 2 aliphatic heterocycles. The van der Waals surface area contributed by atoms with Gasteiger partial charge in [0.1, 0.15) is 39.9 Å². The first-order valence-electron chi connectivity index (χ1n) is 18.8. The number of nitrogens with one attached hydrogen (secondary N) is 2. The van der Waals surface area contributed by atoms with Gasteiger partial charge >= 0.3 is 5.97 Å². The lowest BCUT2D eigenvalue weighted by molar-refractivity contribution is -0.120. The molecule has 14 nitrogen and oxygen atoms in total. The van der Waals surface area contributed by atoms with Gasteiger partial charge in [0, 0.05) is 98.6 Å². The van der Waals surface area contributed by atoms with Crippen molar-refractivity contribution in [3.05, 3.63) is 146 Å². The molecule has 5 N–H and O–H groups in total. The minimum absolute atomic E-state index is 0.0577. The summed E-state index contributed by atoms with van der Waals surface area (Å²) in [5.74, 6) is -0.558. The fraction of sp³-hybridized carbons (Fsp3) is 0.0870. The fourth-order valence-electron chi connectivity index (χ4n) is 7.13. The predicted molar refractivity (Wildman–Crippen MR) is 236 cm³/mol. The van der Waals surface area contributed by atoms with Gasteiger partial charge in [0.05, 0.1) is 5.56 Å². The number of hydrogen-bond acceptors (Lipinski definition) is 13. The van der Waals surface area contributed by atoms with Crippen LogP contribution in [-0.4, -0.2) is 64.2 Å². The van der Waals surface area contributed by atoms with Crippen LogP contribution in [0.4, 0.5) is 0 Å². The smallest absolute Gasteiger partial charge is 0.336 e. The molecule has 0 aromatic heterocycles. The highest BCUT2D eigenvalue weighted by Gasteiger charge is 2.25. The summed E-state index contributed by atoms with van der Waals surface area (Å²) < 4.78 is 17.1. The number of amides is 2. The van der Waals surface area contributed by atoms with E-state index in [0.29, 0.717) is 56.6 Å². The molecule has 2 amide bonds. The molecule has 0 saturated carbocycles. The molecule has 4 aromatic carbocycles. The minimum Gasteiger partial charge on any atom is -0.508 e. The van der Waals surface area contributed by atoms with Crippen LogP contribution in [0.1, 0.15) is 31.1 Å². The maximum atomic E-state index is 13.3. The highest BCUT2D eigenvalue weighted by molar-refractivity contribution is 8.76. The number of benzene rings is 6. The van der Waals surface area contributed by atoms with Crippen molar-refractivity contribution in [2.45, 2.75) is 0 Å². The van der Waals surface area contributed by atoms with Gasteiger partial charge in [-0.15, -0.1) is 0 Å². The van der Waals surface area contributed by atoms with Crippen molar-refractivity contribution in [3.63, 3.8) is 0 Å². The maximum Gasteiger partial charge on any atom is 0.336 e. The summed E-state index contributed by atoms with van der Waals surface area (Å²) in [5, 5.41) is 37.1. The lowest BCUT2D eigenvalue weighted by Gasteiger charge is -2.17. The summed E-state index contributed by atoms with van der Waals surface area (Å²) in [5.41, 5.74) is 2.84. The van der Waals surface area contributed by atoms with Crippen molar-refractivity contribution < 1.29 is 48.1 Å². The van der Waals surface area contributed by atoms with Gasteiger partial charge in [-0.25, -0.2) is 4.79 Å². The number of carboxylic acid groups (broad SMARTS) is 1. The SMILES string of the molecule is O=COc1ccc(C(=O)NCCSSCCNC(=O)c2ccc(C(=O)O)c(-c3c4ccc(=O)cc-4oc4cc(O)ccc34)c2)cc1-c1c2ccc(=O)cc-2oc2cc(O)ccc12. The third kappa shape index (κ3) is 8.41. The Hall–Kier alpha value is -7.56. The Labute approximate surface area is 358 Å². The lowest BCUT2D eigenvalue weighted by Crippen LogP contribution is -2.26. The molecular formula is C46H32N2O12S2. The summed E-state index contributed by atoms with van der Waals surface area (Å²) in [6.07, 6.45) is 0. The second-order valence-electron chi connectivity index (χ2n) is 13.8. The second-order valence-corrected chi connectivity index (χ2v) is 16.5. The van der Waals surface area contributed by atoms with Crippen LogP contribution < -0.4 is 26.2 Å². The molecule has 0 bridgehead atoms. The molecule has 0 spiro atoms. The molecule has 16 heteroatoms. The van der Waals surface area contributed by atoms with Gasteiger partial charge in [0.25, 0.3) is 18.3 Å². The molecule has 310 valence electrons. The molecule has 0 unspecified atom stereocenters. The van der Waals surface area contributed by atoms with E-state index in [-0.39, 0.29) is 92.0 Å². The third-order valence-corrected chi connectivity index (χ3v) is 12.3. The Morgan fingerprint density at radius 1 is 0.597 bits per heavy atom. The Balaban J connectivity index is 0.903. The largest absolute Gasteiger partial charge is 0.508 e. The molecule has 4 aliphatic rings. The third-order valence-electron chi connectivity index (χ3n) is 9.85. The van der Waals surface area contributed by atoms with Crippen LogP contribution in [0, 0.1) is 0 Å². The first-order chi connectivity index (χ1) is 30.0. The van der Waals surface area contributed by atoms with Gasteiger partial charge in [-0.3, -0.25) is 24.0 Å². The Bertz CT molecular complexity index is 3140. The second kappa shape index (κ2) is 17.6. The molecule has 62 heavy (non-hydrogen) atoms. The first kappa shape index (κ1) is 41.2. The van der Waals surface area contributed by atoms with E-state index < -0.39 is 11.9 Å². The zero-order chi connectivity index (χ0) is 43.5. The van der Waals surface area contributed by atoms with E-state index >= 15 is 0 Å². The molecule has 0 radical (unpaired) electrons. The van der Waals surface area contributed by atoms with Crippen molar-refractivity contribution in [3.8, 4) is 62.1 Å². The van der Waals surface area contributed by atoms with E-state index in [4.69, 9.17) is 13.6 Å². The van der Waals surface area contributed by atoms with Crippen molar-refractivity contribution in [2.75, 3.05) is 24.6 Å². The summed E-state index contributed by atoms with van der Waals surface area (Å²) in [4.78, 5) is 75.0. The number of rotatable bonds is 14. The number of carbonyl (C=O) groups excluding carboxylic acids is 3. The molecule has 0 fully saturated rings. The lowest BCUT2D eigenvalue weighted by atomic mass is 9.89. The first-order valence-corrected chi connectivity index (χ1v) is 21.3. The molecule has 2 heterocycles. The van der Waals surface area contributed by atoms with Gasteiger partial charge in [0.2, 0.25) is 0 Å². The molecule has 0 atom stereocenters. The van der Waals surface area contributed by atoms with Crippen LogP contribution in [0.15, 0.2) is 128 Å². The van der Waals surface area contributed by atoms with E-state index in [1.807, 2.05) is 0 Å². The number of ether oxygens (including phenoxy) is 1. The fourth-order valence-corrected chi connectivity index (χ4v) is 8.95. The number of carboxylic acids is 1. The number of carbonyl (C=O) groups is 4. The summed E-state index contributed by atoms with van der Waals surface area (Å²) >= 11 is 0. The zero-order valence-corrected chi connectivity index (χ0v) is 33.8. The molecule has 2 aliphatic carbocycles. The molecule has 4 aromatic rings. The van der Waals surface area contributed by atoms with Gasteiger partial charge in [-0.05, 0) is 90.5 Å². The normalized spacial score (nSPS) is 11.2. The number of aromatic carboxylic acids is 1. The quantitative estimate of drug-likeness (QED) is 0.0307. The van der Waals surface area contributed by atoms with Crippen LogP contribution in [0.2, 0.25) is 0 Å². The number of fused-ring (bicyclic) bond motifs is 4. The monoisotopic (exact) mass is 868 g/mol. The number of hydrogen-bond donors (Lipinski definition) is 5. The van der Waals surface area contributed by atoms with Crippen molar-refractivity contribution in [2.24, 2.45) is 0 Å². The minimum atomic E-state index is -1.22. The van der Waals surface area contributed by atoms with E-state index in [2.05, 4.69) is 10.6 Å². The molecule has 0 saturated heterocycles. The summed E-state index contributed by atoms with van der Waals surface area (Å²) in [6.45, 7) is 0.862. The Morgan fingerprint density at radius 2 is 1.10 bits per heavy atom. The zero-order valence-electron chi connectivity index (χ0n) is 32.1. The van der Waals surface area contributed by atoms with Gasteiger partial charge in [-0.2, -0.15) is 0 Å². The van der Waals surface area contributed by atoms with E-state index in [0.717, 1.165) is 0 Å². The van der Waals surface area contributed by atoms with Gasteiger partial charge in [0.15, 0.2) is 10.9 Å². The van der Waals surface area contributed by atoms with Crippen molar-refractivity contribution in [1.82, 2.24) is 10.6 Å². The topological polar surface area (TPSA) is 223 Å².